The summed E-state index contributed by atoms with van der Waals surface area (Å²) in [5, 5.41) is -1.71. The van der Waals surface area contributed by atoms with E-state index in [1.807, 2.05) is 6.07 Å². The van der Waals surface area contributed by atoms with Crippen molar-refractivity contribution in [2.45, 2.75) is 31.6 Å². The highest BCUT2D eigenvalue weighted by molar-refractivity contribution is 8.15. The van der Waals surface area contributed by atoms with E-state index >= 15 is 0 Å². The van der Waals surface area contributed by atoms with Crippen LogP contribution in [0.1, 0.15) is 46.5 Å². The maximum absolute atomic E-state index is 13.3. The van der Waals surface area contributed by atoms with Crippen LogP contribution in [-0.4, -0.2) is 58.4 Å². The van der Waals surface area contributed by atoms with E-state index in [2.05, 4.69) is 0 Å². The highest BCUT2D eigenvalue weighted by Crippen LogP contribution is 2.31. The van der Waals surface area contributed by atoms with E-state index in [9.17, 15) is 28.8 Å². The lowest BCUT2D eigenvalue weighted by Gasteiger charge is -2.23. The molecule has 3 aromatic carbocycles. The molecule has 0 aliphatic heterocycles. The maximum Gasteiger partial charge on any atom is 0.371 e. The second kappa shape index (κ2) is 18.4. The zero-order valence-electron chi connectivity index (χ0n) is 25.1. The molecule has 3 rings (SSSR count). The summed E-state index contributed by atoms with van der Waals surface area (Å²) in [4.78, 5) is 75.1. The van der Waals surface area contributed by atoms with Gasteiger partial charge in [-0.3, -0.25) is 9.59 Å². The fraction of sp³-hybridized carbons (Fsp3) is 0.273. The van der Waals surface area contributed by atoms with Crippen molar-refractivity contribution < 1.29 is 52.5 Å². The Hall–Kier alpha value is -4.62. The van der Waals surface area contributed by atoms with E-state index in [0.717, 1.165) is 5.56 Å². The first-order valence-corrected chi connectivity index (χ1v) is 15.7. The zero-order chi connectivity index (χ0) is 33.4. The molecule has 3 aromatic rings. The van der Waals surface area contributed by atoms with Gasteiger partial charge in [-0.1, -0.05) is 66.7 Å². The van der Waals surface area contributed by atoms with E-state index in [1.165, 1.54) is 13.8 Å². The minimum atomic E-state index is -1.35. The minimum absolute atomic E-state index is 0.0545. The number of carbonyl (C=O) groups excluding carboxylic acids is 6. The summed E-state index contributed by atoms with van der Waals surface area (Å²) in [5.74, 6) is -3.86. The molecule has 0 fully saturated rings. The number of Topliss-reactive ketones (excluding diaryl/α,β-unsaturated/α-hetero) is 1. The Morgan fingerprint density at radius 3 is 1.63 bits per heavy atom. The molecule has 0 saturated carbocycles. The Morgan fingerprint density at radius 1 is 0.630 bits per heavy atom. The Labute approximate surface area is 274 Å². The summed E-state index contributed by atoms with van der Waals surface area (Å²) >= 11 is 1.16. The highest BCUT2D eigenvalue weighted by Gasteiger charge is 2.36. The van der Waals surface area contributed by atoms with Crippen molar-refractivity contribution in [1.29, 1.82) is 0 Å². The third-order valence-electron chi connectivity index (χ3n) is 6.15. The number of hydrogen-bond acceptors (Lipinski definition) is 13. The SMILES string of the molecule is CC(C)(SC(=O)OCOC(=O)c1ccccc1)C(=O)C[C@@H](CSC(=O)OCOC(=O)c1ccccc1)C(=O)OCc1ccccc1. The average Bonchev–Trinajstić information content (AvgIpc) is 3.06. The molecular weight excluding hydrogens is 636 g/mol. The summed E-state index contributed by atoms with van der Waals surface area (Å²) in [5.41, 5.74) is 1.28. The molecular formula is C33H32O11S2. The van der Waals surface area contributed by atoms with Crippen LogP contribution < -0.4 is 0 Å². The lowest BCUT2D eigenvalue weighted by atomic mass is 9.97. The van der Waals surface area contributed by atoms with Crippen molar-refractivity contribution in [3.8, 4) is 0 Å². The Bertz CT molecular complexity index is 1480. The standard InChI is InChI=1S/C33H32O11S2/c1-33(2,46-32(39)44-22-42-29(36)25-16-10-5-11-17-25)27(34)18-26(30(37)40-19-23-12-6-3-7-13-23)20-45-31(38)43-21-41-28(35)24-14-8-4-9-15-24/h3-17,26H,18-22H2,1-2H3/t26-/m0/s1. The Balaban J connectivity index is 1.52. The molecule has 0 unspecified atom stereocenters. The smallest absolute Gasteiger partial charge is 0.371 e. The van der Waals surface area contributed by atoms with Gasteiger partial charge in [0.25, 0.3) is 0 Å². The van der Waals surface area contributed by atoms with Gasteiger partial charge in [0.1, 0.15) is 12.4 Å². The van der Waals surface area contributed by atoms with Gasteiger partial charge in [0.05, 0.1) is 21.8 Å². The lowest BCUT2D eigenvalue weighted by Crippen LogP contribution is -2.34. The second-order valence-corrected chi connectivity index (χ2v) is 12.5. The molecule has 0 aromatic heterocycles. The van der Waals surface area contributed by atoms with Crippen molar-refractivity contribution in [3.63, 3.8) is 0 Å². The topological polar surface area (TPSA) is 149 Å². The van der Waals surface area contributed by atoms with Gasteiger partial charge in [-0.15, -0.1) is 0 Å². The van der Waals surface area contributed by atoms with Gasteiger partial charge in [0.15, 0.2) is 0 Å². The number of rotatable bonds is 15. The molecule has 0 N–H and O–H groups in total. The molecule has 0 aliphatic carbocycles. The molecule has 46 heavy (non-hydrogen) atoms. The van der Waals surface area contributed by atoms with Gasteiger partial charge in [-0.2, -0.15) is 0 Å². The maximum atomic E-state index is 13.3. The van der Waals surface area contributed by atoms with Crippen LogP contribution in [0.5, 0.6) is 0 Å². The fourth-order valence-corrected chi connectivity index (χ4v) is 5.05. The third-order valence-corrected chi connectivity index (χ3v) is 8.10. The van der Waals surface area contributed by atoms with Gasteiger partial charge in [0, 0.05) is 12.2 Å². The molecule has 13 heteroatoms. The molecule has 0 bridgehead atoms. The van der Waals surface area contributed by atoms with Crippen molar-refractivity contribution in [2.75, 3.05) is 19.3 Å². The van der Waals surface area contributed by atoms with Crippen LogP contribution in [0.4, 0.5) is 9.59 Å². The third kappa shape index (κ3) is 12.4. The summed E-state index contributed by atoms with van der Waals surface area (Å²) in [6, 6.07) is 25.2. The monoisotopic (exact) mass is 668 g/mol. The van der Waals surface area contributed by atoms with Crippen LogP contribution >= 0.6 is 23.5 Å². The first kappa shape index (κ1) is 35.9. The molecule has 0 amide bonds. The van der Waals surface area contributed by atoms with E-state index in [-0.39, 0.29) is 29.9 Å². The molecule has 0 spiro atoms. The van der Waals surface area contributed by atoms with E-state index < -0.39 is 58.5 Å². The molecule has 1 atom stereocenters. The zero-order valence-corrected chi connectivity index (χ0v) is 26.7. The average molecular weight is 669 g/mol. The summed E-state index contributed by atoms with van der Waals surface area (Å²) in [7, 11) is 0. The number of benzene rings is 3. The van der Waals surface area contributed by atoms with Crippen molar-refractivity contribution >= 4 is 57.8 Å². The fourth-order valence-electron chi connectivity index (χ4n) is 3.61. The summed E-state index contributed by atoms with van der Waals surface area (Å²) in [6.45, 7) is 1.60. The highest BCUT2D eigenvalue weighted by atomic mass is 32.2. The van der Waals surface area contributed by atoms with Gasteiger partial charge in [-0.25, -0.2) is 19.2 Å². The largest absolute Gasteiger partial charge is 0.461 e. The number of carbonyl (C=O) groups is 6. The number of thioether (sulfide) groups is 2. The second-order valence-electron chi connectivity index (χ2n) is 9.96. The predicted octanol–water partition coefficient (Wildman–Crippen LogP) is 6.45. The minimum Gasteiger partial charge on any atom is -0.461 e. The van der Waals surface area contributed by atoms with Crippen molar-refractivity contribution in [3.05, 3.63) is 108 Å². The normalized spacial score (nSPS) is 11.4. The van der Waals surface area contributed by atoms with Crippen molar-refractivity contribution in [2.24, 2.45) is 5.92 Å². The van der Waals surface area contributed by atoms with Crippen LogP contribution in [0, 0.1) is 5.92 Å². The van der Waals surface area contributed by atoms with E-state index in [0.29, 0.717) is 23.5 Å². The van der Waals surface area contributed by atoms with Gasteiger partial charge in [0.2, 0.25) is 13.6 Å². The number of hydrogen-bond donors (Lipinski definition) is 0. The molecule has 242 valence electrons. The molecule has 0 aliphatic rings. The van der Waals surface area contributed by atoms with Gasteiger partial charge < -0.3 is 23.7 Å². The lowest BCUT2D eigenvalue weighted by molar-refractivity contribution is -0.150. The summed E-state index contributed by atoms with van der Waals surface area (Å²) in [6.07, 6.45) is -0.368. The van der Waals surface area contributed by atoms with Crippen LogP contribution in [0.25, 0.3) is 0 Å². The van der Waals surface area contributed by atoms with Crippen LogP contribution in [0.2, 0.25) is 0 Å². The van der Waals surface area contributed by atoms with Gasteiger partial charge >= 0.3 is 28.5 Å². The van der Waals surface area contributed by atoms with Crippen LogP contribution in [0.15, 0.2) is 91.0 Å². The number of esters is 3. The first-order valence-electron chi connectivity index (χ1n) is 13.9. The quantitative estimate of drug-likeness (QED) is 0.0993. The van der Waals surface area contributed by atoms with E-state index in [4.69, 9.17) is 23.7 Å². The number of ether oxygens (including phenoxy) is 5. The Kier molecular flexibility index (Phi) is 14.3. The molecule has 0 heterocycles. The molecule has 0 radical (unpaired) electrons. The number of ketones is 1. The first-order chi connectivity index (χ1) is 22.0. The molecule has 0 saturated heterocycles. The van der Waals surface area contributed by atoms with Crippen LogP contribution in [-0.2, 0) is 39.9 Å². The van der Waals surface area contributed by atoms with E-state index in [1.54, 1.807) is 84.9 Å². The van der Waals surface area contributed by atoms with Gasteiger partial charge in [-0.05, 0) is 67.2 Å². The van der Waals surface area contributed by atoms with Crippen molar-refractivity contribution in [1.82, 2.24) is 0 Å². The molecule has 11 nitrogen and oxygen atoms in total. The Morgan fingerprint density at radius 2 is 1.11 bits per heavy atom. The summed E-state index contributed by atoms with van der Waals surface area (Å²) < 4.78 is 23.8. The predicted molar refractivity (Wildman–Crippen MR) is 170 cm³/mol. The van der Waals surface area contributed by atoms with Crippen LogP contribution in [0.3, 0.4) is 0 Å².